The van der Waals surface area contributed by atoms with Crippen LogP contribution >= 0.6 is 0 Å². The molecule has 6 heteroatoms. The third kappa shape index (κ3) is 3.32. The summed E-state index contributed by atoms with van der Waals surface area (Å²) in [6.45, 7) is 8.16. The highest BCUT2D eigenvalue weighted by Gasteiger charge is 2.25. The molecule has 1 fully saturated rings. The second kappa shape index (κ2) is 7.00. The highest BCUT2D eigenvalue weighted by Crippen LogP contribution is 2.27. The average molecular weight is 316 g/mol. The first kappa shape index (κ1) is 15.8. The highest BCUT2D eigenvalue weighted by atomic mass is 16.5. The summed E-state index contributed by atoms with van der Waals surface area (Å²) in [5, 5.41) is 0. The minimum atomic E-state index is 0.256. The molecular formula is C17H24N4O2. The number of fused-ring (bicyclic) bond motifs is 1. The standard InChI is InChI=1S/C17H24N4O2/c1-3-16(21-9-7-20(12-22)8-10-21)17-18-14-6-5-13(23-4-2)11-15(14)19-17/h5-6,11-12,16H,3-4,7-10H2,1-2H3,(H,18,19). The molecule has 3 rings (SSSR count). The zero-order valence-electron chi connectivity index (χ0n) is 13.8. The normalized spacial score (nSPS) is 17.4. The molecule has 0 radical (unpaired) electrons. The van der Waals surface area contributed by atoms with Crippen LogP contribution in [0.4, 0.5) is 0 Å². The molecule has 1 aromatic carbocycles. The third-order valence-corrected chi connectivity index (χ3v) is 4.42. The van der Waals surface area contributed by atoms with E-state index in [9.17, 15) is 4.79 Å². The van der Waals surface area contributed by atoms with Gasteiger partial charge in [0, 0.05) is 32.2 Å². The summed E-state index contributed by atoms with van der Waals surface area (Å²) in [5.41, 5.74) is 1.98. The minimum Gasteiger partial charge on any atom is -0.494 e. The number of hydrogen-bond acceptors (Lipinski definition) is 4. The van der Waals surface area contributed by atoms with Crippen molar-refractivity contribution in [1.29, 1.82) is 0 Å². The molecule has 1 aliphatic rings. The number of piperazine rings is 1. The number of rotatable bonds is 6. The lowest BCUT2D eigenvalue weighted by Crippen LogP contribution is -2.47. The van der Waals surface area contributed by atoms with Crippen molar-refractivity contribution in [2.24, 2.45) is 0 Å². The Balaban J connectivity index is 1.80. The lowest BCUT2D eigenvalue weighted by Gasteiger charge is -2.36. The SMILES string of the molecule is CCOc1ccc2nc(C(CC)N3CCN(C=O)CC3)[nH]c2c1. The van der Waals surface area contributed by atoms with E-state index in [2.05, 4.69) is 16.8 Å². The van der Waals surface area contributed by atoms with E-state index in [0.717, 1.165) is 61.6 Å². The van der Waals surface area contributed by atoms with Gasteiger partial charge in [-0.1, -0.05) is 6.92 Å². The summed E-state index contributed by atoms with van der Waals surface area (Å²) in [7, 11) is 0. The smallest absolute Gasteiger partial charge is 0.209 e. The number of benzene rings is 1. The first-order valence-corrected chi connectivity index (χ1v) is 8.31. The van der Waals surface area contributed by atoms with E-state index in [1.54, 1.807) is 0 Å². The first-order chi connectivity index (χ1) is 11.2. The number of hydrogen-bond donors (Lipinski definition) is 1. The first-order valence-electron chi connectivity index (χ1n) is 8.31. The second-order valence-electron chi connectivity index (χ2n) is 5.84. The van der Waals surface area contributed by atoms with Crippen molar-refractivity contribution in [2.45, 2.75) is 26.3 Å². The van der Waals surface area contributed by atoms with Gasteiger partial charge in [-0.2, -0.15) is 0 Å². The number of carbonyl (C=O) groups excluding carboxylic acids is 1. The predicted molar refractivity (Wildman–Crippen MR) is 89.5 cm³/mol. The zero-order chi connectivity index (χ0) is 16.2. The third-order valence-electron chi connectivity index (χ3n) is 4.42. The molecule has 124 valence electrons. The van der Waals surface area contributed by atoms with E-state index in [1.807, 2.05) is 30.0 Å². The fraction of sp³-hybridized carbons (Fsp3) is 0.529. The van der Waals surface area contributed by atoms with Crippen LogP contribution in [0.15, 0.2) is 18.2 Å². The Labute approximate surface area is 136 Å². The summed E-state index contributed by atoms with van der Waals surface area (Å²) in [5.74, 6) is 1.86. The van der Waals surface area contributed by atoms with Crippen molar-refractivity contribution >= 4 is 17.4 Å². The number of nitrogens with zero attached hydrogens (tertiary/aromatic N) is 3. The van der Waals surface area contributed by atoms with Gasteiger partial charge in [0.05, 0.1) is 23.7 Å². The molecule has 2 heterocycles. The minimum absolute atomic E-state index is 0.256. The Hall–Kier alpha value is -2.08. The molecule has 0 bridgehead atoms. The number of ether oxygens (including phenoxy) is 1. The van der Waals surface area contributed by atoms with E-state index in [1.165, 1.54) is 0 Å². The number of aromatic nitrogens is 2. The van der Waals surface area contributed by atoms with E-state index in [-0.39, 0.29) is 6.04 Å². The van der Waals surface area contributed by atoms with Crippen LogP contribution in [0.5, 0.6) is 5.75 Å². The molecule has 1 saturated heterocycles. The Morgan fingerprint density at radius 1 is 1.30 bits per heavy atom. The Morgan fingerprint density at radius 3 is 2.74 bits per heavy atom. The molecule has 1 aliphatic heterocycles. The maximum absolute atomic E-state index is 10.9. The van der Waals surface area contributed by atoms with Crippen LogP contribution in [0.2, 0.25) is 0 Å². The van der Waals surface area contributed by atoms with Gasteiger partial charge in [-0.3, -0.25) is 9.69 Å². The fourth-order valence-electron chi connectivity index (χ4n) is 3.20. The molecule has 2 aromatic rings. The summed E-state index contributed by atoms with van der Waals surface area (Å²) >= 11 is 0. The zero-order valence-corrected chi connectivity index (χ0v) is 13.8. The summed E-state index contributed by atoms with van der Waals surface area (Å²) in [4.78, 5) is 23.3. The Kier molecular flexibility index (Phi) is 4.81. The van der Waals surface area contributed by atoms with Crippen LogP contribution in [0.3, 0.4) is 0 Å². The number of amides is 1. The van der Waals surface area contributed by atoms with Crippen molar-refractivity contribution in [3.8, 4) is 5.75 Å². The lowest BCUT2D eigenvalue weighted by atomic mass is 10.1. The Morgan fingerprint density at radius 2 is 2.09 bits per heavy atom. The lowest BCUT2D eigenvalue weighted by molar-refractivity contribution is -0.120. The van der Waals surface area contributed by atoms with Crippen LogP contribution in [-0.4, -0.2) is 59.0 Å². The van der Waals surface area contributed by atoms with Gasteiger partial charge in [0.2, 0.25) is 6.41 Å². The molecule has 1 aromatic heterocycles. The molecule has 1 amide bonds. The quantitative estimate of drug-likeness (QED) is 0.830. The largest absolute Gasteiger partial charge is 0.494 e. The molecule has 0 aliphatic carbocycles. The van der Waals surface area contributed by atoms with Gasteiger partial charge < -0.3 is 14.6 Å². The molecule has 1 atom stereocenters. The predicted octanol–water partition coefficient (Wildman–Crippen LogP) is 2.19. The molecule has 1 N–H and O–H groups in total. The van der Waals surface area contributed by atoms with Gasteiger partial charge >= 0.3 is 0 Å². The van der Waals surface area contributed by atoms with Crippen LogP contribution < -0.4 is 4.74 Å². The van der Waals surface area contributed by atoms with Crippen LogP contribution in [-0.2, 0) is 4.79 Å². The molecule has 0 spiro atoms. The Bertz CT molecular complexity index is 662. The van der Waals surface area contributed by atoms with Crippen LogP contribution in [0, 0.1) is 0 Å². The second-order valence-corrected chi connectivity index (χ2v) is 5.84. The maximum Gasteiger partial charge on any atom is 0.209 e. The van der Waals surface area contributed by atoms with E-state index in [0.29, 0.717) is 6.61 Å². The molecular weight excluding hydrogens is 292 g/mol. The molecule has 23 heavy (non-hydrogen) atoms. The molecule has 1 unspecified atom stereocenters. The highest BCUT2D eigenvalue weighted by molar-refractivity contribution is 5.76. The maximum atomic E-state index is 10.9. The van der Waals surface area contributed by atoms with Crippen molar-refractivity contribution in [3.05, 3.63) is 24.0 Å². The van der Waals surface area contributed by atoms with Gasteiger partial charge in [-0.25, -0.2) is 4.98 Å². The monoisotopic (exact) mass is 316 g/mol. The van der Waals surface area contributed by atoms with Crippen molar-refractivity contribution in [1.82, 2.24) is 19.8 Å². The van der Waals surface area contributed by atoms with Crippen molar-refractivity contribution < 1.29 is 9.53 Å². The molecule has 0 saturated carbocycles. The average Bonchev–Trinajstić information content (AvgIpc) is 2.99. The van der Waals surface area contributed by atoms with Gasteiger partial charge in [-0.05, 0) is 25.5 Å². The van der Waals surface area contributed by atoms with Gasteiger partial charge in [0.1, 0.15) is 11.6 Å². The van der Waals surface area contributed by atoms with Crippen molar-refractivity contribution in [3.63, 3.8) is 0 Å². The number of aromatic amines is 1. The summed E-state index contributed by atoms with van der Waals surface area (Å²) in [6.07, 6.45) is 1.92. The fourth-order valence-corrected chi connectivity index (χ4v) is 3.20. The number of H-pyrrole nitrogens is 1. The summed E-state index contributed by atoms with van der Waals surface area (Å²) in [6, 6.07) is 6.22. The topological polar surface area (TPSA) is 61.5 Å². The van der Waals surface area contributed by atoms with Crippen LogP contribution in [0.25, 0.3) is 11.0 Å². The number of imidazole rings is 1. The van der Waals surface area contributed by atoms with E-state index >= 15 is 0 Å². The number of carbonyl (C=O) groups is 1. The van der Waals surface area contributed by atoms with Gasteiger partial charge in [-0.15, -0.1) is 0 Å². The molecule has 6 nitrogen and oxygen atoms in total. The van der Waals surface area contributed by atoms with Gasteiger partial charge in [0.15, 0.2) is 0 Å². The van der Waals surface area contributed by atoms with Crippen molar-refractivity contribution in [2.75, 3.05) is 32.8 Å². The van der Waals surface area contributed by atoms with E-state index in [4.69, 9.17) is 9.72 Å². The van der Waals surface area contributed by atoms with Crippen LogP contribution in [0.1, 0.15) is 32.1 Å². The van der Waals surface area contributed by atoms with E-state index < -0.39 is 0 Å². The summed E-state index contributed by atoms with van der Waals surface area (Å²) < 4.78 is 5.55. The van der Waals surface area contributed by atoms with Gasteiger partial charge in [0.25, 0.3) is 0 Å². The number of nitrogens with one attached hydrogen (secondary N) is 1.